The number of benzene rings is 2. The molecule has 0 bridgehead atoms. The number of anilines is 1. The van der Waals surface area contributed by atoms with Crippen molar-refractivity contribution >= 4 is 16.7 Å². The second-order valence-electron chi connectivity index (χ2n) is 8.85. The SMILES string of the molecule is Nc1nccc(-c2c(-c3ccc(F)cc3)ncn2C2CCN(Cc3cncc4ccccc34)C2)n1. The lowest BCUT2D eigenvalue weighted by Crippen LogP contribution is -2.21. The van der Waals surface area contributed by atoms with Crippen molar-refractivity contribution in [3.63, 3.8) is 0 Å². The number of hydrogen-bond donors (Lipinski definition) is 1. The highest BCUT2D eigenvalue weighted by Gasteiger charge is 2.28. The Hall–Kier alpha value is -4.17. The molecule has 4 heterocycles. The molecule has 1 fully saturated rings. The molecule has 1 unspecified atom stereocenters. The van der Waals surface area contributed by atoms with Crippen molar-refractivity contribution in [1.29, 1.82) is 0 Å². The number of fused-ring (bicyclic) bond motifs is 1. The summed E-state index contributed by atoms with van der Waals surface area (Å²) in [5.74, 6) is -0.0767. The van der Waals surface area contributed by atoms with Crippen molar-refractivity contribution in [3.8, 4) is 22.6 Å². The summed E-state index contributed by atoms with van der Waals surface area (Å²) in [6.07, 6.45) is 8.37. The van der Waals surface area contributed by atoms with E-state index in [0.29, 0.717) is 5.69 Å². The summed E-state index contributed by atoms with van der Waals surface area (Å²) in [6, 6.07) is 16.8. The molecular weight excluding hydrogens is 441 g/mol. The molecule has 174 valence electrons. The quantitative estimate of drug-likeness (QED) is 0.404. The Balaban J connectivity index is 1.33. The van der Waals surface area contributed by atoms with Gasteiger partial charge in [0, 0.05) is 55.2 Å². The number of rotatable bonds is 5. The zero-order valence-corrected chi connectivity index (χ0v) is 19.0. The molecule has 0 saturated carbocycles. The zero-order chi connectivity index (χ0) is 23.8. The molecule has 5 aromatic rings. The molecule has 1 aliphatic rings. The zero-order valence-electron chi connectivity index (χ0n) is 19.0. The number of likely N-dealkylation sites (tertiary alicyclic amines) is 1. The lowest BCUT2D eigenvalue weighted by atomic mass is 10.1. The minimum absolute atomic E-state index is 0.205. The molecule has 1 saturated heterocycles. The molecule has 8 heteroatoms. The molecule has 2 N–H and O–H groups in total. The van der Waals surface area contributed by atoms with Gasteiger partial charge in [-0.15, -0.1) is 0 Å². The van der Waals surface area contributed by atoms with Crippen LogP contribution in [0.2, 0.25) is 0 Å². The summed E-state index contributed by atoms with van der Waals surface area (Å²) in [5.41, 5.74) is 10.3. The average molecular weight is 466 g/mol. The van der Waals surface area contributed by atoms with E-state index in [-0.39, 0.29) is 17.8 Å². The van der Waals surface area contributed by atoms with Gasteiger partial charge in [-0.3, -0.25) is 9.88 Å². The Morgan fingerprint density at radius 3 is 2.71 bits per heavy atom. The van der Waals surface area contributed by atoms with Crippen molar-refractivity contribution in [2.75, 3.05) is 18.8 Å². The normalized spacial score (nSPS) is 16.2. The van der Waals surface area contributed by atoms with Crippen molar-refractivity contribution in [3.05, 3.63) is 90.9 Å². The highest BCUT2D eigenvalue weighted by molar-refractivity contribution is 5.84. The highest BCUT2D eigenvalue weighted by atomic mass is 19.1. The minimum atomic E-state index is -0.282. The monoisotopic (exact) mass is 465 g/mol. The first-order chi connectivity index (χ1) is 17.2. The van der Waals surface area contributed by atoms with Crippen molar-refractivity contribution in [1.82, 2.24) is 29.4 Å². The van der Waals surface area contributed by atoms with E-state index in [2.05, 4.69) is 42.6 Å². The second-order valence-corrected chi connectivity index (χ2v) is 8.85. The fraction of sp³-hybridized carbons (Fsp3) is 0.185. The minimum Gasteiger partial charge on any atom is -0.368 e. The van der Waals surface area contributed by atoms with E-state index in [9.17, 15) is 4.39 Å². The first kappa shape index (κ1) is 21.4. The van der Waals surface area contributed by atoms with Crippen LogP contribution in [0, 0.1) is 5.82 Å². The van der Waals surface area contributed by atoms with E-state index in [0.717, 1.165) is 48.4 Å². The van der Waals surface area contributed by atoms with Crippen LogP contribution in [-0.4, -0.2) is 42.5 Å². The van der Waals surface area contributed by atoms with Gasteiger partial charge in [0.05, 0.1) is 23.4 Å². The van der Waals surface area contributed by atoms with Crippen molar-refractivity contribution in [2.45, 2.75) is 19.0 Å². The van der Waals surface area contributed by atoms with E-state index >= 15 is 0 Å². The Labute approximate surface area is 202 Å². The maximum absolute atomic E-state index is 13.6. The van der Waals surface area contributed by atoms with Crippen LogP contribution in [0.4, 0.5) is 10.3 Å². The fourth-order valence-electron chi connectivity index (χ4n) is 4.95. The van der Waals surface area contributed by atoms with Crippen LogP contribution in [0.15, 0.2) is 79.5 Å². The third kappa shape index (κ3) is 4.13. The lowest BCUT2D eigenvalue weighted by molar-refractivity contribution is 0.317. The molecule has 0 radical (unpaired) electrons. The number of imidazole rings is 1. The van der Waals surface area contributed by atoms with E-state index in [1.54, 1.807) is 18.3 Å². The molecular formula is C27H24FN7. The van der Waals surface area contributed by atoms with Gasteiger partial charge in [0.25, 0.3) is 0 Å². The Morgan fingerprint density at radius 1 is 1.00 bits per heavy atom. The number of nitrogens with two attached hydrogens (primary N) is 1. The van der Waals surface area contributed by atoms with Crippen LogP contribution < -0.4 is 5.73 Å². The molecule has 2 aromatic carbocycles. The summed E-state index contributed by atoms with van der Waals surface area (Å²) in [4.78, 5) is 20.1. The number of aromatic nitrogens is 5. The van der Waals surface area contributed by atoms with Crippen LogP contribution in [-0.2, 0) is 6.54 Å². The number of hydrogen-bond acceptors (Lipinski definition) is 6. The number of nitrogens with zero attached hydrogens (tertiary/aromatic N) is 6. The van der Waals surface area contributed by atoms with E-state index in [1.165, 1.54) is 23.1 Å². The van der Waals surface area contributed by atoms with Gasteiger partial charge in [-0.25, -0.2) is 19.3 Å². The van der Waals surface area contributed by atoms with E-state index < -0.39 is 0 Å². The smallest absolute Gasteiger partial charge is 0.220 e. The van der Waals surface area contributed by atoms with Gasteiger partial charge in [0.1, 0.15) is 5.82 Å². The summed E-state index contributed by atoms with van der Waals surface area (Å²) in [6.45, 7) is 2.67. The predicted octanol–water partition coefficient (Wildman–Crippen LogP) is 4.72. The molecule has 6 rings (SSSR count). The predicted molar refractivity (Wildman–Crippen MR) is 134 cm³/mol. The van der Waals surface area contributed by atoms with E-state index in [1.807, 2.05) is 30.9 Å². The van der Waals surface area contributed by atoms with Crippen LogP contribution in [0.3, 0.4) is 0 Å². The average Bonchev–Trinajstić information content (AvgIpc) is 3.52. The molecule has 7 nitrogen and oxygen atoms in total. The Bertz CT molecular complexity index is 1490. The third-order valence-electron chi connectivity index (χ3n) is 6.61. The highest BCUT2D eigenvalue weighted by Crippen LogP contribution is 2.35. The van der Waals surface area contributed by atoms with Gasteiger partial charge in [0.2, 0.25) is 5.95 Å². The maximum Gasteiger partial charge on any atom is 0.220 e. The number of halogens is 1. The summed E-state index contributed by atoms with van der Waals surface area (Å²) in [5, 5.41) is 2.40. The summed E-state index contributed by atoms with van der Waals surface area (Å²) >= 11 is 0. The number of pyridine rings is 1. The van der Waals surface area contributed by atoms with Crippen LogP contribution >= 0.6 is 0 Å². The van der Waals surface area contributed by atoms with Crippen molar-refractivity contribution < 1.29 is 4.39 Å². The van der Waals surface area contributed by atoms with Gasteiger partial charge in [-0.1, -0.05) is 24.3 Å². The molecule has 1 atom stereocenters. The summed E-state index contributed by atoms with van der Waals surface area (Å²) in [7, 11) is 0. The molecule has 0 aliphatic carbocycles. The first-order valence-electron chi connectivity index (χ1n) is 11.6. The van der Waals surface area contributed by atoms with Gasteiger partial charge >= 0.3 is 0 Å². The largest absolute Gasteiger partial charge is 0.368 e. The molecule has 0 amide bonds. The van der Waals surface area contributed by atoms with Gasteiger partial charge in [0.15, 0.2) is 0 Å². The third-order valence-corrected chi connectivity index (χ3v) is 6.61. The topological polar surface area (TPSA) is 85.8 Å². The molecule has 3 aromatic heterocycles. The van der Waals surface area contributed by atoms with Crippen LogP contribution in [0.5, 0.6) is 0 Å². The maximum atomic E-state index is 13.6. The second kappa shape index (κ2) is 8.88. The first-order valence-corrected chi connectivity index (χ1v) is 11.6. The van der Waals surface area contributed by atoms with Gasteiger partial charge in [-0.2, -0.15) is 0 Å². The fourth-order valence-corrected chi connectivity index (χ4v) is 4.95. The molecule has 35 heavy (non-hydrogen) atoms. The van der Waals surface area contributed by atoms with Gasteiger partial charge in [-0.05, 0) is 47.7 Å². The Morgan fingerprint density at radius 2 is 1.86 bits per heavy atom. The van der Waals surface area contributed by atoms with Crippen LogP contribution in [0.25, 0.3) is 33.4 Å². The van der Waals surface area contributed by atoms with Crippen molar-refractivity contribution in [2.24, 2.45) is 0 Å². The standard InChI is InChI=1S/C27H24FN7/c28-21-7-5-18(6-8-21)25-26(24-9-11-31-27(29)33-24)35(17-32-25)22-10-12-34(16-22)15-20-14-30-13-19-3-1-2-4-23(19)20/h1-9,11,13-14,17,22H,10,12,15-16H2,(H2,29,31,33). The number of nitrogen functional groups attached to an aromatic ring is 1. The molecule has 0 spiro atoms. The Kier molecular flexibility index (Phi) is 5.42. The van der Waals surface area contributed by atoms with Gasteiger partial charge < -0.3 is 10.3 Å². The van der Waals surface area contributed by atoms with Crippen LogP contribution in [0.1, 0.15) is 18.0 Å². The molecule has 1 aliphatic heterocycles. The summed E-state index contributed by atoms with van der Waals surface area (Å²) < 4.78 is 15.8. The lowest BCUT2D eigenvalue weighted by Gasteiger charge is -2.19. The van der Waals surface area contributed by atoms with E-state index in [4.69, 9.17) is 10.7 Å².